The van der Waals surface area contributed by atoms with Crippen molar-refractivity contribution in [3.8, 4) is 0 Å². The fraction of sp³-hybridized carbons (Fsp3) is 0.613. The van der Waals surface area contributed by atoms with Gasteiger partial charge in [0.15, 0.2) is 5.79 Å². The van der Waals surface area contributed by atoms with Gasteiger partial charge in [0.2, 0.25) is 0 Å². The summed E-state index contributed by atoms with van der Waals surface area (Å²) in [5.74, 6) is -0.153. The molecular weight excluding hydrogens is 404 g/mol. The Morgan fingerprint density at radius 3 is 2.03 bits per heavy atom. The van der Waals surface area contributed by atoms with Crippen LogP contribution in [-0.2, 0) is 9.47 Å². The maximum Gasteiger partial charge on any atom is 0.175 e. The first-order valence-corrected chi connectivity index (χ1v) is 13.6. The van der Waals surface area contributed by atoms with Gasteiger partial charge < -0.3 is 9.47 Å². The molecule has 1 saturated heterocycles. The lowest BCUT2D eigenvalue weighted by atomic mass is 9.64. The molecule has 0 spiro atoms. The Bertz CT molecular complexity index is 766. The smallest absolute Gasteiger partial charge is 0.175 e. The van der Waals surface area contributed by atoms with Crippen LogP contribution in [0.4, 0.5) is 0 Å². The molecule has 2 aromatic carbocycles. The topological polar surface area (TPSA) is 18.5 Å². The molecule has 2 fully saturated rings. The predicted octanol–water partition coefficient (Wildman–Crippen LogP) is 8.65. The van der Waals surface area contributed by atoms with Gasteiger partial charge in [-0.05, 0) is 43.7 Å². The molecule has 2 nitrogen and oxygen atoms in total. The van der Waals surface area contributed by atoms with Gasteiger partial charge in [0.05, 0.1) is 12.7 Å². The van der Waals surface area contributed by atoms with Crippen molar-refractivity contribution in [2.75, 3.05) is 6.61 Å². The molecule has 0 aromatic heterocycles. The highest BCUT2D eigenvalue weighted by molar-refractivity contribution is 5.37. The second kappa shape index (κ2) is 11.7. The first-order valence-electron chi connectivity index (χ1n) is 13.6. The standard InChI is InChI=1S/C31H44O2/c1-3-4-5-6-7-8-11-17-26(2)33-31-23-16-22-30(31,24-25-32-31)29(27-18-12-9-13-19-27)28-20-14-10-15-21-28/h9-10,12-15,18-21,26,29H,3-8,11,16-17,22-25H2,1-2H3/t26-,30-,31+/m1/s1. The minimum Gasteiger partial charge on any atom is -0.349 e. The van der Waals surface area contributed by atoms with Crippen molar-refractivity contribution in [3.63, 3.8) is 0 Å². The third-order valence-corrected chi connectivity index (χ3v) is 8.19. The summed E-state index contributed by atoms with van der Waals surface area (Å²) in [6, 6.07) is 22.2. The maximum atomic E-state index is 6.97. The summed E-state index contributed by atoms with van der Waals surface area (Å²) in [6.07, 6.45) is 15.2. The normalized spacial score (nSPS) is 25.4. The van der Waals surface area contributed by atoms with E-state index in [4.69, 9.17) is 9.47 Å². The molecule has 1 aliphatic carbocycles. The Labute approximate surface area is 202 Å². The second-order valence-electron chi connectivity index (χ2n) is 10.5. The number of fused-ring (bicyclic) bond motifs is 1. The highest BCUT2D eigenvalue weighted by Gasteiger charge is 2.64. The first-order chi connectivity index (χ1) is 16.2. The van der Waals surface area contributed by atoms with Crippen LogP contribution in [0, 0.1) is 5.41 Å². The molecule has 0 N–H and O–H groups in total. The SMILES string of the molecule is CCCCCCCCC[C@@H](C)O[C@@]12CCC[C@]1(C(c1ccccc1)c1ccccc1)CCO2. The van der Waals surface area contributed by atoms with Gasteiger partial charge in [-0.3, -0.25) is 0 Å². The number of hydrogen-bond donors (Lipinski definition) is 0. The monoisotopic (exact) mass is 448 g/mol. The average Bonchev–Trinajstić information content (AvgIpc) is 3.35. The van der Waals surface area contributed by atoms with Crippen LogP contribution in [0.25, 0.3) is 0 Å². The minimum atomic E-state index is -0.454. The third-order valence-electron chi connectivity index (χ3n) is 8.19. The van der Waals surface area contributed by atoms with E-state index in [0.29, 0.717) is 5.92 Å². The van der Waals surface area contributed by atoms with Gasteiger partial charge in [0.25, 0.3) is 0 Å². The van der Waals surface area contributed by atoms with Crippen molar-refractivity contribution in [1.29, 1.82) is 0 Å². The zero-order chi connectivity index (χ0) is 23.0. The highest BCUT2D eigenvalue weighted by Crippen LogP contribution is 2.64. The van der Waals surface area contributed by atoms with Crippen LogP contribution in [0.5, 0.6) is 0 Å². The molecule has 0 bridgehead atoms. The molecule has 1 heterocycles. The molecule has 2 heteroatoms. The van der Waals surface area contributed by atoms with E-state index < -0.39 is 5.79 Å². The zero-order valence-electron chi connectivity index (χ0n) is 20.9. The molecule has 2 aromatic rings. The highest BCUT2D eigenvalue weighted by atomic mass is 16.7. The molecule has 0 unspecified atom stereocenters. The first kappa shape index (κ1) is 24.5. The Hall–Kier alpha value is -1.64. The van der Waals surface area contributed by atoms with Gasteiger partial charge in [-0.1, -0.05) is 113 Å². The van der Waals surface area contributed by atoms with E-state index in [1.165, 1.54) is 68.9 Å². The van der Waals surface area contributed by atoms with Crippen molar-refractivity contribution in [2.24, 2.45) is 5.41 Å². The van der Waals surface area contributed by atoms with Gasteiger partial charge in [-0.25, -0.2) is 0 Å². The van der Waals surface area contributed by atoms with Crippen molar-refractivity contribution < 1.29 is 9.47 Å². The van der Waals surface area contributed by atoms with Crippen molar-refractivity contribution in [1.82, 2.24) is 0 Å². The lowest BCUT2D eigenvalue weighted by Gasteiger charge is -2.46. The van der Waals surface area contributed by atoms with E-state index in [-0.39, 0.29) is 11.5 Å². The quantitative estimate of drug-likeness (QED) is 0.285. The Kier molecular flexibility index (Phi) is 8.66. The minimum absolute atomic E-state index is 0.00409. The Balaban J connectivity index is 1.49. The van der Waals surface area contributed by atoms with E-state index in [9.17, 15) is 0 Å². The van der Waals surface area contributed by atoms with Gasteiger partial charge >= 0.3 is 0 Å². The largest absolute Gasteiger partial charge is 0.349 e. The van der Waals surface area contributed by atoms with Crippen LogP contribution in [0.3, 0.4) is 0 Å². The lowest BCUT2D eigenvalue weighted by Crippen LogP contribution is -2.48. The maximum absolute atomic E-state index is 6.97. The summed E-state index contributed by atoms with van der Waals surface area (Å²) in [4.78, 5) is 0. The van der Waals surface area contributed by atoms with Crippen LogP contribution in [0.2, 0.25) is 0 Å². The summed E-state index contributed by atoms with van der Waals surface area (Å²) in [6.45, 7) is 5.36. The Morgan fingerprint density at radius 2 is 1.39 bits per heavy atom. The molecule has 33 heavy (non-hydrogen) atoms. The van der Waals surface area contributed by atoms with Crippen LogP contribution < -0.4 is 0 Å². The number of unbranched alkanes of at least 4 members (excludes halogenated alkanes) is 6. The lowest BCUT2D eigenvalue weighted by molar-refractivity contribution is -0.269. The average molecular weight is 449 g/mol. The molecule has 0 amide bonds. The number of rotatable bonds is 13. The van der Waals surface area contributed by atoms with E-state index in [2.05, 4.69) is 74.5 Å². The summed E-state index contributed by atoms with van der Waals surface area (Å²) < 4.78 is 13.6. The van der Waals surface area contributed by atoms with Crippen molar-refractivity contribution in [2.45, 2.75) is 109 Å². The molecular formula is C31H44O2. The van der Waals surface area contributed by atoms with Gasteiger partial charge in [0, 0.05) is 17.8 Å². The van der Waals surface area contributed by atoms with Gasteiger partial charge in [0.1, 0.15) is 0 Å². The molecule has 180 valence electrons. The molecule has 2 aliphatic rings. The van der Waals surface area contributed by atoms with Gasteiger partial charge in [-0.2, -0.15) is 0 Å². The molecule has 4 rings (SSSR count). The van der Waals surface area contributed by atoms with Crippen LogP contribution >= 0.6 is 0 Å². The third kappa shape index (κ3) is 5.38. The number of hydrogen-bond acceptors (Lipinski definition) is 2. The van der Waals surface area contributed by atoms with E-state index >= 15 is 0 Å². The van der Waals surface area contributed by atoms with Crippen LogP contribution in [0.15, 0.2) is 60.7 Å². The van der Waals surface area contributed by atoms with E-state index in [1.807, 2.05) is 0 Å². The fourth-order valence-corrected chi connectivity index (χ4v) is 6.62. The van der Waals surface area contributed by atoms with E-state index in [1.54, 1.807) is 0 Å². The van der Waals surface area contributed by atoms with Gasteiger partial charge in [-0.15, -0.1) is 0 Å². The zero-order valence-corrected chi connectivity index (χ0v) is 20.9. The molecule has 1 aliphatic heterocycles. The van der Waals surface area contributed by atoms with Crippen molar-refractivity contribution in [3.05, 3.63) is 71.8 Å². The summed E-state index contributed by atoms with van der Waals surface area (Å²) in [5.41, 5.74) is 2.79. The number of benzene rings is 2. The van der Waals surface area contributed by atoms with Crippen LogP contribution in [0.1, 0.15) is 108 Å². The predicted molar refractivity (Wildman–Crippen MR) is 137 cm³/mol. The summed E-state index contributed by atoms with van der Waals surface area (Å²) in [5, 5.41) is 0. The van der Waals surface area contributed by atoms with Crippen LogP contribution in [-0.4, -0.2) is 18.5 Å². The number of ether oxygens (including phenoxy) is 2. The van der Waals surface area contributed by atoms with E-state index in [0.717, 1.165) is 25.9 Å². The molecule has 0 radical (unpaired) electrons. The summed E-state index contributed by atoms with van der Waals surface area (Å²) >= 11 is 0. The Morgan fingerprint density at radius 1 is 0.788 bits per heavy atom. The summed E-state index contributed by atoms with van der Waals surface area (Å²) in [7, 11) is 0. The molecule has 1 saturated carbocycles. The van der Waals surface area contributed by atoms with Crippen molar-refractivity contribution >= 4 is 0 Å². The fourth-order valence-electron chi connectivity index (χ4n) is 6.62. The molecule has 3 atom stereocenters. The second-order valence-corrected chi connectivity index (χ2v) is 10.5.